The molecule has 0 amide bonds. The summed E-state index contributed by atoms with van der Waals surface area (Å²) in [6.45, 7) is 2.03. The van der Waals surface area contributed by atoms with Gasteiger partial charge in [0.1, 0.15) is 11.6 Å². The fraction of sp³-hybridized carbons (Fsp3) is 0.421. The molecule has 1 unspecified atom stereocenters. The van der Waals surface area contributed by atoms with E-state index in [4.69, 9.17) is 5.41 Å². The zero-order chi connectivity index (χ0) is 19.2. The number of hydrogen-bond donors (Lipinski definition) is 2. The Kier molecular flexibility index (Phi) is 6.60. The Labute approximate surface area is 161 Å². The van der Waals surface area contributed by atoms with Crippen molar-refractivity contribution in [1.29, 1.82) is 5.41 Å². The third-order valence-electron chi connectivity index (χ3n) is 4.55. The number of rotatable bonds is 7. The van der Waals surface area contributed by atoms with Gasteiger partial charge in [-0.2, -0.15) is 11.8 Å². The summed E-state index contributed by atoms with van der Waals surface area (Å²) in [6, 6.07) is 3.93. The molecule has 0 aromatic carbocycles. The second-order valence-electron chi connectivity index (χ2n) is 6.58. The standard InChI is InChI=1S/C19H23F2N5S/c1-27-12-13-3-2-8-26(11-13)18-9-14(6-7-23-18)16-10-24-17(25-16)5-4-15(22)19(20)21/h4-7,9-10,13,19,22H,2-3,8,11-12H2,1H3,(H,24,25)/b5-4-,22-15?. The second-order valence-corrected chi connectivity index (χ2v) is 7.49. The van der Waals surface area contributed by atoms with Crippen molar-refractivity contribution in [2.24, 2.45) is 5.92 Å². The Morgan fingerprint density at radius 1 is 1.48 bits per heavy atom. The van der Waals surface area contributed by atoms with Crippen molar-refractivity contribution in [2.45, 2.75) is 19.3 Å². The van der Waals surface area contributed by atoms with Gasteiger partial charge in [-0.05, 0) is 55.1 Å². The van der Waals surface area contributed by atoms with Crippen molar-refractivity contribution in [1.82, 2.24) is 15.0 Å². The number of nitrogens with one attached hydrogen (secondary N) is 2. The number of nitrogens with zero attached hydrogens (tertiary/aromatic N) is 3. The molecule has 1 saturated heterocycles. The lowest BCUT2D eigenvalue weighted by Crippen LogP contribution is -2.36. The van der Waals surface area contributed by atoms with E-state index in [9.17, 15) is 8.78 Å². The van der Waals surface area contributed by atoms with Crippen LogP contribution in [-0.4, -0.2) is 52.2 Å². The molecule has 2 aromatic heterocycles. The summed E-state index contributed by atoms with van der Waals surface area (Å²) in [5.41, 5.74) is 1.01. The van der Waals surface area contributed by atoms with Crippen molar-refractivity contribution in [2.75, 3.05) is 30.0 Å². The van der Waals surface area contributed by atoms with Gasteiger partial charge in [-0.25, -0.2) is 18.7 Å². The monoisotopic (exact) mass is 391 g/mol. The van der Waals surface area contributed by atoms with Crippen LogP contribution in [0.4, 0.5) is 14.6 Å². The minimum atomic E-state index is -2.78. The number of thioether (sulfide) groups is 1. The van der Waals surface area contributed by atoms with E-state index in [2.05, 4.69) is 26.1 Å². The molecule has 0 saturated carbocycles. The summed E-state index contributed by atoms with van der Waals surface area (Å²) in [5, 5.41) is 7.16. The number of H-pyrrole nitrogens is 1. The van der Waals surface area contributed by atoms with Crippen molar-refractivity contribution in [3.63, 3.8) is 0 Å². The van der Waals surface area contributed by atoms with Crippen LogP contribution in [0.25, 0.3) is 17.3 Å². The van der Waals surface area contributed by atoms with E-state index in [1.807, 2.05) is 23.9 Å². The van der Waals surface area contributed by atoms with Gasteiger partial charge in [0, 0.05) is 24.8 Å². The average Bonchev–Trinajstić information content (AvgIpc) is 3.16. The lowest BCUT2D eigenvalue weighted by molar-refractivity contribution is 0.226. The van der Waals surface area contributed by atoms with Gasteiger partial charge in [-0.3, -0.25) is 5.41 Å². The molecule has 1 atom stereocenters. The largest absolute Gasteiger partial charge is 0.356 e. The molecular formula is C19H23F2N5S. The lowest BCUT2D eigenvalue weighted by Gasteiger charge is -2.33. The fourth-order valence-electron chi connectivity index (χ4n) is 3.21. The van der Waals surface area contributed by atoms with E-state index in [0.29, 0.717) is 11.7 Å². The molecule has 1 fully saturated rings. The first-order valence-corrected chi connectivity index (χ1v) is 10.3. The first-order valence-electron chi connectivity index (χ1n) is 8.87. The number of alkyl halides is 2. The Balaban J connectivity index is 1.73. The molecule has 0 spiro atoms. The van der Waals surface area contributed by atoms with Crippen molar-refractivity contribution < 1.29 is 8.78 Å². The summed E-state index contributed by atoms with van der Waals surface area (Å²) in [5.74, 6) is 3.24. The van der Waals surface area contributed by atoms with E-state index in [1.165, 1.54) is 24.7 Å². The van der Waals surface area contributed by atoms with Gasteiger partial charge in [-0.1, -0.05) is 0 Å². The van der Waals surface area contributed by atoms with Gasteiger partial charge in [0.15, 0.2) is 0 Å². The van der Waals surface area contributed by atoms with Crippen molar-refractivity contribution >= 4 is 29.4 Å². The number of pyridine rings is 1. The normalized spacial score (nSPS) is 17.8. The van der Waals surface area contributed by atoms with Gasteiger partial charge in [0.25, 0.3) is 6.43 Å². The van der Waals surface area contributed by atoms with Gasteiger partial charge in [0.2, 0.25) is 0 Å². The summed E-state index contributed by atoms with van der Waals surface area (Å²) < 4.78 is 24.8. The highest BCUT2D eigenvalue weighted by Crippen LogP contribution is 2.26. The topological polar surface area (TPSA) is 68.7 Å². The van der Waals surface area contributed by atoms with Crippen LogP contribution in [0.5, 0.6) is 0 Å². The van der Waals surface area contributed by atoms with Crippen LogP contribution in [0.15, 0.2) is 30.6 Å². The molecule has 27 heavy (non-hydrogen) atoms. The average molecular weight is 391 g/mol. The van der Waals surface area contributed by atoms with Crippen LogP contribution in [-0.2, 0) is 0 Å². The highest BCUT2D eigenvalue weighted by atomic mass is 32.2. The summed E-state index contributed by atoms with van der Waals surface area (Å²) >= 11 is 1.89. The quantitative estimate of drug-likeness (QED) is 0.689. The number of aromatic amines is 1. The smallest absolute Gasteiger partial charge is 0.279 e. The third kappa shape index (κ3) is 5.15. The summed E-state index contributed by atoms with van der Waals surface area (Å²) in [4.78, 5) is 14.1. The Morgan fingerprint density at radius 2 is 2.33 bits per heavy atom. The van der Waals surface area contributed by atoms with Gasteiger partial charge < -0.3 is 9.88 Å². The molecule has 0 radical (unpaired) electrons. The third-order valence-corrected chi connectivity index (χ3v) is 5.36. The zero-order valence-corrected chi connectivity index (χ0v) is 16.0. The molecule has 0 bridgehead atoms. The van der Waals surface area contributed by atoms with Crippen LogP contribution >= 0.6 is 11.8 Å². The minimum Gasteiger partial charge on any atom is -0.356 e. The van der Waals surface area contributed by atoms with Crippen LogP contribution in [0, 0.1) is 11.3 Å². The Hall–Kier alpha value is -2.22. The van der Waals surface area contributed by atoms with E-state index in [-0.39, 0.29) is 0 Å². The van der Waals surface area contributed by atoms with Gasteiger partial charge in [-0.15, -0.1) is 0 Å². The SMILES string of the molecule is CSCC1CCCN(c2cc(-c3cnc(/C=C\C(=N)C(F)F)[nH]3)ccn2)C1. The molecule has 0 aliphatic carbocycles. The summed E-state index contributed by atoms with van der Waals surface area (Å²) in [6.07, 6.45) is 7.70. The van der Waals surface area contributed by atoms with Crippen LogP contribution in [0.2, 0.25) is 0 Å². The Bertz CT molecular complexity index is 803. The number of aromatic nitrogens is 3. The summed E-state index contributed by atoms with van der Waals surface area (Å²) in [7, 11) is 0. The maximum absolute atomic E-state index is 12.4. The van der Waals surface area contributed by atoms with Crippen molar-refractivity contribution in [3.8, 4) is 11.3 Å². The van der Waals surface area contributed by atoms with Crippen LogP contribution in [0.1, 0.15) is 18.7 Å². The Morgan fingerprint density at radius 3 is 3.11 bits per heavy atom. The number of hydrogen-bond acceptors (Lipinski definition) is 5. The highest BCUT2D eigenvalue weighted by molar-refractivity contribution is 7.98. The van der Waals surface area contributed by atoms with Crippen LogP contribution < -0.4 is 4.90 Å². The molecular weight excluding hydrogens is 368 g/mol. The predicted molar refractivity (Wildman–Crippen MR) is 108 cm³/mol. The first-order chi connectivity index (χ1) is 13.1. The highest BCUT2D eigenvalue weighted by Gasteiger charge is 2.20. The number of piperidine rings is 1. The molecule has 2 N–H and O–H groups in total. The molecule has 2 aromatic rings. The first kappa shape index (κ1) is 19.5. The molecule has 3 heterocycles. The maximum Gasteiger partial charge on any atom is 0.279 e. The second kappa shape index (κ2) is 9.12. The maximum atomic E-state index is 12.4. The van der Waals surface area contributed by atoms with E-state index >= 15 is 0 Å². The molecule has 3 rings (SSSR count). The van der Waals surface area contributed by atoms with E-state index in [1.54, 1.807) is 12.4 Å². The minimum absolute atomic E-state index is 0.437. The number of allylic oxidation sites excluding steroid dienone is 1. The number of halogens is 2. The number of imidazole rings is 1. The van der Waals surface area contributed by atoms with E-state index < -0.39 is 12.1 Å². The fourth-order valence-corrected chi connectivity index (χ4v) is 3.96. The molecule has 8 heteroatoms. The van der Waals surface area contributed by atoms with Gasteiger partial charge in [0.05, 0.1) is 17.6 Å². The molecule has 1 aliphatic rings. The van der Waals surface area contributed by atoms with Gasteiger partial charge >= 0.3 is 0 Å². The number of anilines is 1. The molecule has 5 nitrogen and oxygen atoms in total. The molecule has 144 valence electrons. The lowest BCUT2D eigenvalue weighted by atomic mass is 10.00. The van der Waals surface area contributed by atoms with Crippen molar-refractivity contribution in [3.05, 3.63) is 36.4 Å². The van der Waals surface area contributed by atoms with Crippen LogP contribution in [0.3, 0.4) is 0 Å². The predicted octanol–water partition coefficient (Wildman–Crippen LogP) is 4.35. The van der Waals surface area contributed by atoms with E-state index in [0.717, 1.165) is 36.2 Å². The molecule has 1 aliphatic heterocycles. The zero-order valence-electron chi connectivity index (χ0n) is 15.2.